The molecule has 0 bridgehead atoms. The van der Waals surface area contributed by atoms with Crippen LogP contribution in [0.15, 0.2) is 18.3 Å². The fourth-order valence-electron chi connectivity index (χ4n) is 1.96. The molecule has 2 heterocycles. The first kappa shape index (κ1) is 17.4. The molecular formula is C14H12N6O5. The van der Waals surface area contributed by atoms with E-state index in [1.54, 1.807) is 6.92 Å². The number of aryl methyl sites for hydroxylation is 1. The average Bonchev–Trinajstić information content (AvgIpc) is 2.55. The van der Waals surface area contributed by atoms with E-state index in [0.29, 0.717) is 5.56 Å². The topological polar surface area (TPSA) is 163 Å². The molecule has 0 unspecified atom stereocenters. The van der Waals surface area contributed by atoms with Gasteiger partial charge in [-0.3, -0.25) is 15.4 Å². The second kappa shape index (κ2) is 7.09. The Bertz CT molecular complexity index is 892. The third kappa shape index (κ3) is 3.88. The molecule has 11 nitrogen and oxygen atoms in total. The van der Waals surface area contributed by atoms with E-state index >= 15 is 0 Å². The van der Waals surface area contributed by atoms with Crippen LogP contribution in [0.3, 0.4) is 0 Å². The molecule has 0 aliphatic carbocycles. The minimum absolute atomic E-state index is 0.0895. The van der Waals surface area contributed by atoms with Gasteiger partial charge in [-0.25, -0.2) is 9.78 Å². The van der Waals surface area contributed by atoms with E-state index in [9.17, 15) is 14.9 Å². The number of carboxylic acid groups (broad SMARTS) is 1. The van der Waals surface area contributed by atoms with Crippen LogP contribution in [0.4, 0.5) is 22.0 Å². The summed E-state index contributed by atoms with van der Waals surface area (Å²) < 4.78 is 5.53. The molecule has 0 saturated heterocycles. The number of aromatic nitrogens is 2. The number of amides is 1. The summed E-state index contributed by atoms with van der Waals surface area (Å²) in [6, 6.07) is 4.47. The zero-order valence-corrected chi connectivity index (χ0v) is 13.1. The summed E-state index contributed by atoms with van der Waals surface area (Å²) in [6.45, 7) is 1.68. The smallest absolute Gasteiger partial charge is 0.409 e. The Morgan fingerprint density at radius 2 is 2.20 bits per heavy atom. The number of hydrogen-bond acceptors (Lipinski definition) is 8. The number of nitriles is 1. The van der Waals surface area contributed by atoms with Gasteiger partial charge in [-0.15, -0.1) is 0 Å². The zero-order valence-electron chi connectivity index (χ0n) is 13.1. The van der Waals surface area contributed by atoms with E-state index < -0.39 is 16.7 Å². The number of nitro groups is 1. The molecule has 3 N–H and O–H groups in total. The van der Waals surface area contributed by atoms with Crippen molar-refractivity contribution in [3.05, 3.63) is 39.7 Å². The molecule has 0 aromatic carbocycles. The third-order valence-corrected chi connectivity index (χ3v) is 3.02. The van der Waals surface area contributed by atoms with Crippen molar-refractivity contribution < 1.29 is 19.6 Å². The Hall–Kier alpha value is -3.94. The molecule has 0 saturated carbocycles. The molecule has 2 rings (SSSR count). The van der Waals surface area contributed by atoms with E-state index in [1.807, 2.05) is 11.4 Å². The molecule has 0 atom stereocenters. The number of nitrogens with one attached hydrogen (secondary N) is 2. The van der Waals surface area contributed by atoms with Gasteiger partial charge in [0, 0.05) is 13.1 Å². The molecule has 0 fully saturated rings. The Morgan fingerprint density at radius 1 is 1.48 bits per heavy atom. The lowest BCUT2D eigenvalue weighted by Gasteiger charge is -2.11. The van der Waals surface area contributed by atoms with E-state index in [4.69, 9.17) is 15.1 Å². The highest BCUT2D eigenvalue weighted by Crippen LogP contribution is 2.36. The highest BCUT2D eigenvalue weighted by molar-refractivity contribution is 5.89. The first-order valence-electron chi connectivity index (χ1n) is 6.77. The molecule has 0 radical (unpaired) electrons. The predicted octanol–water partition coefficient (Wildman–Crippen LogP) is 2.49. The maximum absolute atomic E-state index is 11.2. The van der Waals surface area contributed by atoms with Gasteiger partial charge in [0.15, 0.2) is 5.75 Å². The molecule has 2 aromatic heterocycles. The van der Waals surface area contributed by atoms with Crippen LogP contribution in [0.25, 0.3) is 0 Å². The quantitative estimate of drug-likeness (QED) is 0.546. The molecule has 0 spiro atoms. The monoisotopic (exact) mass is 344 g/mol. The van der Waals surface area contributed by atoms with Crippen LogP contribution >= 0.6 is 0 Å². The van der Waals surface area contributed by atoms with Crippen LogP contribution in [0.5, 0.6) is 11.6 Å². The zero-order chi connectivity index (χ0) is 18.6. The molecule has 2 aromatic rings. The Kier molecular flexibility index (Phi) is 4.94. The molecule has 1 amide bonds. The van der Waals surface area contributed by atoms with Gasteiger partial charge in [0.2, 0.25) is 11.7 Å². The second-order valence-corrected chi connectivity index (χ2v) is 4.69. The van der Waals surface area contributed by atoms with Crippen LogP contribution in [-0.2, 0) is 0 Å². The number of anilines is 2. The Balaban J connectivity index is 2.50. The van der Waals surface area contributed by atoms with Gasteiger partial charge in [-0.2, -0.15) is 10.2 Å². The number of nitrogens with zero attached hydrogens (tertiary/aromatic N) is 4. The largest absolute Gasteiger partial charge is 0.465 e. The highest BCUT2D eigenvalue weighted by Gasteiger charge is 2.24. The van der Waals surface area contributed by atoms with Crippen molar-refractivity contribution in [2.24, 2.45) is 0 Å². The average molecular weight is 344 g/mol. The summed E-state index contributed by atoms with van der Waals surface area (Å²) in [5.74, 6) is 0.00231. The fraction of sp³-hybridized carbons (Fsp3) is 0.143. The molecule has 11 heteroatoms. The first-order chi connectivity index (χ1) is 11.8. The van der Waals surface area contributed by atoms with Crippen LogP contribution in [-0.4, -0.2) is 33.1 Å². The fourth-order valence-corrected chi connectivity index (χ4v) is 1.96. The Labute approximate surface area is 141 Å². The Morgan fingerprint density at radius 3 is 2.72 bits per heavy atom. The SMILES string of the molecule is CNc1nc(Oc2cnc(C#N)cc2C)cc(NC(=O)O)c1[N+](=O)[O-]. The maximum atomic E-state index is 11.2. The number of ether oxygens (including phenoxy) is 1. The normalized spacial score (nSPS) is 9.80. The first-order valence-corrected chi connectivity index (χ1v) is 6.77. The van der Waals surface area contributed by atoms with Crippen molar-refractivity contribution in [1.29, 1.82) is 5.26 Å². The van der Waals surface area contributed by atoms with Crippen molar-refractivity contribution in [3.8, 4) is 17.7 Å². The minimum Gasteiger partial charge on any atom is -0.465 e. The van der Waals surface area contributed by atoms with Crippen molar-refractivity contribution in [3.63, 3.8) is 0 Å². The maximum Gasteiger partial charge on any atom is 0.409 e. The van der Waals surface area contributed by atoms with E-state index in [0.717, 1.165) is 6.07 Å². The molecular weight excluding hydrogens is 332 g/mol. The highest BCUT2D eigenvalue weighted by atomic mass is 16.6. The summed E-state index contributed by atoms with van der Waals surface area (Å²) in [7, 11) is 1.40. The molecule has 0 aliphatic rings. The predicted molar refractivity (Wildman–Crippen MR) is 85.8 cm³/mol. The summed E-state index contributed by atoms with van der Waals surface area (Å²) in [5, 5.41) is 33.3. The van der Waals surface area contributed by atoms with Gasteiger partial charge in [-0.05, 0) is 18.6 Å². The van der Waals surface area contributed by atoms with Gasteiger partial charge in [0.25, 0.3) is 0 Å². The van der Waals surface area contributed by atoms with Crippen molar-refractivity contribution in [2.45, 2.75) is 6.92 Å². The lowest BCUT2D eigenvalue weighted by atomic mass is 10.2. The van der Waals surface area contributed by atoms with Crippen molar-refractivity contribution in [1.82, 2.24) is 9.97 Å². The molecule has 25 heavy (non-hydrogen) atoms. The van der Waals surface area contributed by atoms with Gasteiger partial charge in [0.1, 0.15) is 17.5 Å². The summed E-state index contributed by atoms with van der Waals surface area (Å²) in [5.41, 5.74) is -0.0471. The summed E-state index contributed by atoms with van der Waals surface area (Å²) in [4.78, 5) is 29.1. The van der Waals surface area contributed by atoms with Crippen LogP contribution in [0.1, 0.15) is 11.3 Å². The minimum atomic E-state index is -1.47. The standard InChI is InChI=1S/C14H12N6O5/c1-7-3-8(5-15)17-6-10(7)25-11-4-9(18-14(21)22)12(20(23)24)13(16-2)19-11/h3-4,6H,1-2H3,(H,21,22)(H2,16,18,19). The number of rotatable bonds is 5. The lowest BCUT2D eigenvalue weighted by Crippen LogP contribution is -2.11. The van der Waals surface area contributed by atoms with E-state index in [2.05, 4.69) is 15.3 Å². The van der Waals surface area contributed by atoms with Gasteiger partial charge in [0.05, 0.1) is 11.1 Å². The summed E-state index contributed by atoms with van der Waals surface area (Å²) in [6.07, 6.45) is -0.168. The van der Waals surface area contributed by atoms with Crippen LogP contribution in [0.2, 0.25) is 0 Å². The van der Waals surface area contributed by atoms with Crippen molar-refractivity contribution in [2.75, 3.05) is 17.7 Å². The number of carbonyl (C=O) groups is 1. The molecule has 128 valence electrons. The number of pyridine rings is 2. The van der Waals surface area contributed by atoms with Gasteiger partial charge >= 0.3 is 11.8 Å². The van der Waals surface area contributed by atoms with Gasteiger partial charge in [-0.1, -0.05) is 0 Å². The molecule has 0 aliphatic heterocycles. The lowest BCUT2D eigenvalue weighted by molar-refractivity contribution is -0.383. The van der Waals surface area contributed by atoms with Crippen LogP contribution in [0, 0.1) is 28.4 Å². The third-order valence-electron chi connectivity index (χ3n) is 3.02. The van der Waals surface area contributed by atoms with E-state index in [-0.39, 0.29) is 28.8 Å². The van der Waals surface area contributed by atoms with Crippen molar-refractivity contribution >= 4 is 23.3 Å². The van der Waals surface area contributed by atoms with Crippen LogP contribution < -0.4 is 15.4 Å². The second-order valence-electron chi connectivity index (χ2n) is 4.69. The summed E-state index contributed by atoms with van der Waals surface area (Å²) >= 11 is 0. The van der Waals surface area contributed by atoms with E-state index in [1.165, 1.54) is 19.3 Å². The number of hydrogen-bond donors (Lipinski definition) is 3. The van der Waals surface area contributed by atoms with Gasteiger partial charge < -0.3 is 15.2 Å².